The molecule has 0 aromatic carbocycles. The minimum atomic E-state index is -0.833. The van der Waals surface area contributed by atoms with Crippen molar-refractivity contribution in [3.8, 4) is 0 Å². The third-order valence-corrected chi connectivity index (χ3v) is 0. The molecule has 0 bridgehead atoms. The molecule has 17 heavy (non-hydrogen) atoms. The molecule has 0 unspecified atom stereocenters. The molecule has 0 radical (unpaired) electrons. The number of carbonyl (C=O) groups is 3. The molecule has 11 heteroatoms. The van der Waals surface area contributed by atoms with E-state index in [1.165, 1.54) is 0 Å². The first-order valence-corrected chi connectivity index (χ1v) is 2.78. The summed E-state index contributed by atoms with van der Waals surface area (Å²) in [6.45, 7) is 3.25. The summed E-state index contributed by atoms with van der Waals surface area (Å²) in [6, 6.07) is 0. The predicted molar refractivity (Wildman–Crippen MR) is 54.4 cm³/mol. The minimum Gasteiger partial charge on any atom is -0.481 e. The summed E-state index contributed by atoms with van der Waals surface area (Å²) in [7, 11) is 0. The van der Waals surface area contributed by atoms with Crippen molar-refractivity contribution in [3.05, 3.63) is 0 Å². The van der Waals surface area contributed by atoms with Crippen molar-refractivity contribution in [2.24, 2.45) is 0 Å². The van der Waals surface area contributed by atoms with Crippen LogP contribution in [-0.2, 0) is 31.5 Å². The second-order valence-corrected chi connectivity index (χ2v) is 1.56. The summed E-state index contributed by atoms with van der Waals surface area (Å²) in [5.41, 5.74) is 0. The van der Waals surface area contributed by atoms with E-state index in [1.54, 1.807) is 0 Å². The van der Waals surface area contributed by atoms with Crippen LogP contribution >= 0.6 is 0 Å². The Bertz CT molecular complexity index is 118. The summed E-state index contributed by atoms with van der Waals surface area (Å²) in [6.07, 6.45) is 0. The Morgan fingerprint density at radius 2 is 0.588 bits per heavy atom. The maximum Gasteiger partial charge on any atom is 0.300 e. The number of hydrogen-bond donors (Lipinski definition) is 3. The van der Waals surface area contributed by atoms with Crippen LogP contribution in [0.1, 0.15) is 20.8 Å². The van der Waals surface area contributed by atoms with Crippen molar-refractivity contribution in [3.63, 3.8) is 0 Å². The average Bonchev–Trinajstić information content (AvgIpc) is 1.54. The Morgan fingerprint density at radius 3 is 0.588 bits per heavy atom. The van der Waals surface area contributed by atoms with Crippen molar-refractivity contribution < 1.29 is 68.7 Å². The van der Waals surface area contributed by atoms with Crippen molar-refractivity contribution in [1.82, 2.24) is 0 Å². The fraction of sp³-hybridized carbons (Fsp3) is 0.500. The van der Waals surface area contributed by atoms with Crippen molar-refractivity contribution in [2.75, 3.05) is 0 Å². The molecule has 0 atom stereocenters. The van der Waals surface area contributed by atoms with E-state index in [-0.39, 0.29) is 39.0 Å². The van der Waals surface area contributed by atoms with Crippen LogP contribution in [0.25, 0.3) is 0 Å². The van der Waals surface area contributed by atoms with Crippen LogP contribution in [-0.4, -0.2) is 55.1 Å². The van der Waals surface area contributed by atoms with E-state index in [0.717, 1.165) is 20.8 Å². The Morgan fingerprint density at radius 1 is 0.588 bits per heavy atom. The molecular formula is C6H20FeO10. The Labute approximate surface area is 108 Å². The zero-order valence-corrected chi connectivity index (χ0v) is 10.5. The van der Waals surface area contributed by atoms with Crippen LogP contribution in [0.5, 0.6) is 0 Å². The first-order chi connectivity index (χ1) is 5.20. The van der Waals surface area contributed by atoms with Gasteiger partial charge in [-0.2, -0.15) is 0 Å². The SMILES string of the molecule is CC(=O)O.CC(=O)O.CC(=O)O.O.O.O.O.[Fe]. The Hall–Kier alpha value is -1.23. The van der Waals surface area contributed by atoms with Gasteiger partial charge in [-0.25, -0.2) is 0 Å². The molecule has 0 spiro atoms. The maximum atomic E-state index is 9.00. The molecule has 0 saturated heterocycles. The van der Waals surface area contributed by atoms with Gasteiger partial charge in [0, 0.05) is 37.8 Å². The van der Waals surface area contributed by atoms with E-state index >= 15 is 0 Å². The van der Waals surface area contributed by atoms with Gasteiger partial charge in [0.1, 0.15) is 0 Å². The summed E-state index contributed by atoms with van der Waals surface area (Å²) in [5, 5.41) is 22.2. The van der Waals surface area contributed by atoms with Crippen molar-refractivity contribution >= 4 is 17.9 Å². The minimum absolute atomic E-state index is 0. The van der Waals surface area contributed by atoms with Gasteiger partial charge >= 0.3 is 0 Å². The Kier molecular flexibility index (Phi) is 156. The van der Waals surface area contributed by atoms with Crippen LogP contribution in [0, 0.1) is 0 Å². The van der Waals surface area contributed by atoms with Gasteiger partial charge in [-0.15, -0.1) is 0 Å². The van der Waals surface area contributed by atoms with Crippen LogP contribution in [0.2, 0.25) is 0 Å². The van der Waals surface area contributed by atoms with Gasteiger partial charge in [-0.3, -0.25) is 14.4 Å². The van der Waals surface area contributed by atoms with E-state index < -0.39 is 17.9 Å². The molecule has 0 amide bonds. The van der Waals surface area contributed by atoms with Crippen LogP contribution in [0.3, 0.4) is 0 Å². The van der Waals surface area contributed by atoms with E-state index in [1.807, 2.05) is 0 Å². The van der Waals surface area contributed by atoms with E-state index in [0.29, 0.717) is 0 Å². The quantitative estimate of drug-likeness (QED) is 0.393. The normalized spacial score (nSPS) is 4.41. The summed E-state index contributed by atoms with van der Waals surface area (Å²) >= 11 is 0. The van der Waals surface area contributed by atoms with Crippen LogP contribution in [0.4, 0.5) is 0 Å². The number of rotatable bonds is 0. The average molecular weight is 308 g/mol. The van der Waals surface area contributed by atoms with Gasteiger partial charge in [0.2, 0.25) is 0 Å². The van der Waals surface area contributed by atoms with Crippen LogP contribution < -0.4 is 0 Å². The Balaban J connectivity index is -0.0000000104. The summed E-state index contributed by atoms with van der Waals surface area (Å²) in [4.78, 5) is 27.0. The molecule has 0 rings (SSSR count). The van der Waals surface area contributed by atoms with Gasteiger partial charge in [-0.1, -0.05) is 0 Å². The molecule has 0 aliphatic heterocycles. The van der Waals surface area contributed by atoms with Crippen molar-refractivity contribution in [1.29, 1.82) is 0 Å². The molecule has 0 saturated carbocycles. The van der Waals surface area contributed by atoms with E-state index in [4.69, 9.17) is 29.7 Å². The molecule has 112 valence electrons. The first kappa shape index (κ1) is 57.0. The molecule has 0 aliphatic carbocycles. The zero-order chi connectivity index (χ0) is 10.7. The summed E-state index contributed by atoms with van der Waals surface area (Å²) in [5.74, 6) is -2.50. The third-order valence-electron chi connectivity index (χ3n) is 0. The monoisotopic (exact) mass is 308 g/mol. The molecule has 11 N–H and O–H groups in total. The largest absolute Gasteiger partial charge is 0.481 e. The molecule has 0 aromatic rings. The first-order valence-electron chi connectivity index (χ1n) is 2.78. The molecule has 0 aliphatic rings. The molecule has 0 aromatic heterocycles. The van der Waals surface area contributed by atoms with Gasteiger partial charge in [0.25, 0.3) is 17.9 Å². The zero-order valence-electron chi connectivity index (χ0n) is 9.42. The van der Waals surface area contributed by atoms with Crippen molar-refractivity contribution in [2.45, 2.75) is 20.8 Å². The predicted octanol–water partition coefficient (Wildman–Crippen LogP) is -3.03. The van der Waals surface area contributed by atoms with Gasteiger partial charge in [0.15, 0.2) is 0 Å². The van der Waals surface area contributed by atoms with Gasteiger partial charge in [0.05, 0.1) is 0 Å². The fourth-order valence-electron chi connectivity index (χ4n) is 0. The molecular weight excluding hydrogens is 288 g/mol. The fourth-order valence-corrected chi connectivity index (χ4v) is 0. The standard InChI is InChI=1S/3C2H4O2.Fe.4H2O/c3*1-2(3)4;;;;;/h3*1H3,(H,3,4);;4*1H2. The number of aliphatic carboxylic acids is 3. The molecule has 10 nitrogen and oxygen atoms in total. The summed E-state index contributed by atoms with van der Waals surface area (Å²) < 4.78 is 0. The molecule has 0 heterocycles. The number of carboxylic acids is 3. The number of carboxylic acid groups (broad SMARTS) is 3. The van der Waals surface area contributed by atoms with Crippen LogP contribution in [0.15, 0.2) is 0 Å². The second-order valence-electron chi connectivity index (χ2n) is 1.56. The smallest absolute Gasteiger partial charge is 0.300 e. The van der Waals surface area contributed by atoms with Gasteiger partial charge in [-0.05, 0) is 0 Å². The number of hydrogen-bond acceptors (Lipinski definition) is 3. The topological polar surface area (TPSA) is 238 Å². The molecule has 0 fully saturated rings. The van der Waals surface area contributed by atoms with Gasteiger partial charge < -0.3 is 37.2 Å². The second kappa shape index (κ2) is 46.4. The van der Waals surface area contributed by atoms with E-state index in [2.05, 4.69) is 0 Å². The maximum absolute atomic E-state index is 9.00. The van der Waals surface area contributed by atoms with E-state index in [9.17, 15) is 0 Å². The third kappa shape index (κ3) is 1590.